The van der Waals surface area contributed by atoms with Crippen molar-refractivity contribution >= 4 is 28.3 Å². The minimum absolute atomic E-state index is 0.240. The number of carbonyl (C=O) groups is 1. The van der Waals surface area contributed by atoms with Crippen LogP contribution in [0.3, 0.4) is 0 Å². The number of pyridine rings is 1. The lowest BCUT2D eigenvalue weighted by molar-refractivity contribution is 0.0965. The topological polar surface area (TPSA) is 92.9 Å². The SMILES string of the molecule is CNC(=O)c1c(N)nsc1NCc1cccc(C)n1. The molecule has 2 aromatic heterocycles. The van der Waals surface area contributed by atoms with E-state index < -0.39 is 0 Å². The summed E-state index contributed by atoms with van der Waals surface area (Å²) in [4.78, 5) is 16.1. The van der Waals surface area contributed by atoms with Crippen LogP contribution >= 0.6 is 11.5 Å². The molecule has 0 radical (unpaired) electrons. The zero-order valence-corrected chi connectivity index (χ0v) is 11.5. The Labute approximate surface area is 115 Å². The van der Waals surface area contributed by atoms with Crippen LogP contribution in [0.15, 0.2) is 18.2 Å². The normalized spacial score (nSPS) is 10.2. The zero-order valence-electron chi connectivity index (χ0n) is 10.7. The lowest BCUT2D eigenvalue weighted by Gasteiger charge is -2.06. The number of nitrogens with one attached hydrogen (secondary N) is 2. The average Bonchev–Trinajstić information content (AvgIpc) is 2.77. The van der Waals surface area contributed by atoms with Gasteiger partial charge in [-0.05, 0) is 30.6 Å². The second-order valence-corrected chi connectivity index (χ2v) is 4.75. The Balaban J connectivity index is 2.14. The van der Waals surface area contributed by atoms with E-state index in [1.807, 2.05) is 25.1 Å². The molecule has 7 heteroatoms. The fourth-order valence-electron chi connectivity index (χ4n) is 1.64. The van der Waals surface area contributed by atoms with E-state index in [4.69, 9.17) is 5.73 Å². The Kier molecular flexibility index (Phi) is 3.96. The highest BCUT2D eigenvalue weighted by atomic mass is 32.1. The number of rotatable bonds is 4. The quantitative estimate of drug-likeness (QED) is 0.785. The van der Waals surface area contributed by atoms with Gasteiger partial charge < -0.3 is 16.4 Å². The smallest absolute Gasteiger partial charge is 0.257 e. The first kappa shape index (κ1) is 13.3. The van der Waals surface area contributed by atoms with Crippen LogP contribution in [0.2, 0.25) is 0 Å². The van der Waals surface area contributed by atoms with Gasteiger partial charge in [0.05, 0.1) is 12.2 Å². The predicted molar refractivity (Wildman–Crippen MR) is 76.2 cm³/mol. The Hall–Kier alpha value is -2.15. The lowest BCUT2D eigenvalue weighted by Crippen LogP contribution is -2.20. The number of aryl methyl sites for hydroxylation is 1. The molecule has 4 N–H and O–H groups in total. The minimum Gasteiger partial charge on any atom is -0.382 e. The van der Waals surface area contributed by atoms with E-state index in [0.29, 0.717) is 17.1 Å². The molecule has 100 valence electrons. The molecule has 0 fully saturated rings. The largest absolute Gasteiger partial charge is 0.382 e. The number of nitrogen functional groups attached to an aromatic ring is 1. The first-order valence-corrected chi connectivity index (χ1v) is 6.52. The molecule has 19 heavy (non-hydrogen) atoms. The van der Waals surface area contributed by atoms with E-state index in [1.54, 1.807) is 7.05 Å². The van der Waals surface area contributed by atoms with Crippen molar-refractivity contribution in [3.05, 3.63) is 35.2 Å². The Morgan fingerprint density at radius 2 is 2.26 bits per heavy atom. The van der Waals surface area contributed by atoms with Crippen LogP contribution in [-0.4, -0.2) is 22.3 Å². The molecule has 6 nitrogen and oxygen atoms in total. The first-order valence-electron chi connectivity index (χ1n) is 5.75. The van der Waals surface area contributed by atoms with Crippen LogP contribution in [-0.2, 0) is 6.54 Å². The van der Waals surface area contributed by atoms with Crippen molar-refractivity contribution in [1.82, 2.24) is 14.7 Å². The van der Waals surface area contributed by atoms with Gasteiger partial charge in [0.15, 0.2) is 5.82 Å². The molecule has 0 bridgehead atoms. The second-order valence-electron chi connectivity index (χ2n) is 3.97. The zero-order chi connectivity index (χ0) is 13.8. The van der Waals surface area contributed by atoms with E-state index >= 15 is 0 Å². The molecular weight excluding hydrogens is 262 g/mol. The monoisotopic (exact) mass is 277 g/mol. The van der Waals surface area contributed by atoms with Crippen LogP contribution in [0.5, 0.6) is 0 Å². The van der Waals surface area contributed by atoms with E-state index in [1.165, 1.54) is 11.5 Å². The molecule has 0 saturated heterocycles. The summed E-state index contributed by atoms with van der Waals surface area (Å²) in [6.07, 6.45) is 0. The van der Waals surface area contributed by atoms with Crippen molar-refractivity contribution in [1.29, 1.82) is 0 Å². The van der Waals surface area contributed by atoms with Crippen LogP contribution in [0.4, 0.5) is 10.8 Å². The van der Waals surface area contributed by atoms with Gasteiger partial charge >= 0.3 is 0 Å². The van der Waals surface area contributed by atoms with Gasteiger partial charge in [-0.2, -0.15) is 4.37 Å². The summed E-state index contributed by atoms with van der Waals surface area (Å²) in [5.74, 6) is -0.00463. The van der Waals surface area contributed by atoms with Crippen LogP contribution in [0.25, 0.3) is 0 Å². The summed E-state index contributed by atoms with van der Waals surface area (Å²) >= 11 is 1.17. The summed E-state index contributed by atoms with van der Waals surface area (Å²) in [5.41, 5.74) is 7.93. The molecule has 0 unspecified atom stereocenters. The summed E-state index contributed by atoms with van der Waals surface area (Å²) in [5, 5.41) is 6.35. The van der Waals surface area contributed by atoms with Crippen LogP contribution < -0.4 is 16.4 Å². The highest BCUT2D eigenvalue weighted by Gasteiger charge is 2.17. The molecular formula is C12H15N5OS. The molecule has 2 rings (SSSR count). The standard InChI is InChI=1S/C12H15N5OS/c1-7-4-3-5-8(16-7)6-15-12-9(11(18)14-2)10(13)17-19-12/h3-5,15H,6H2,1-2H3,(H2,13,17)(H,14,18). The Bertz CT molecular complexity index is 596. The van der Waals surface area contributed by atoms with Gasteiger partial charge in [0.25, 0.3) is 5.91 Å². The lowest BCUT2D eigenvalue weighted by atomic mass is 10.2. The van der Waals surface area contributed by atoms with E-state index in [-0.39, 0.29) is 11.7 Å². The van der Waals surface area contributed by atoms with Gasteiger partial charge in [0.1, 0.15) is 10.6 Å². The van der Waals surface area contributed by atoms with E-state index in [9.17, 15) is 4.79 Å². The predicted octanol–water partition coefficient (Wildman–Crippen LogP) is 1.40. The number of carbonyl (C=O) groups excluding carboxylic acids is 1. The van der Waals surface area contributed by atoms with E-state index in [0.717, 1.165) is 11.4 Å². The number of hydrogen-bond donors (Lipinski definition) is 3. The van der Waals surface area contributed by atoms with Crippen molar-refractivity contribution in [2.24, 2.45) is 0 Å². The maximum atomic E-state index is 11.7. The number of nitrogens with two attached hydrogens (primary N) is 1. The molecule has 1 amide bonds. The molecule has 0 aliphatic carbocycles. The maximum Gasteiger partial charge on any atom is 0.257 e. The number of hydrogen-bond acceptors (Lipinski definition) is 6. The van der Waals surface area contributed by atoms with Crippen LogP contribution in [0.1, 0.15) is 21.7 Å². The third kappa shape index (κ3) is 3.00. The molecule has 0 aliphatic heterocycles. The summed E-state index contributed by atoms with van der Waals surface area (Å²) in [6, 6.07) is 5.80. The highest BCUT2D eigenvalue weighted by Crippen LogP contribution is 2.26. The Morgan fingerprint density at radius 1 is 1.47 bits per heavy atom. The van der Waals surface area contributed by atoms with Gasteiger partial charge in [-0.15, -0.1) is 0 Å². The molecule has 0 aliphatic rings. The number of amides is 1. The molecule has 0 spiro atoms. The van der Waals surface area contributed by atoms with Gasteiger partial charge in [-0.1, -0.05) is 6.07 Å². The summed E-state index contributed by atoms with van der Waals surface area (Å²) in [6.45, 7) is 2.46. The van der Waals surface area contributed by atoms with Gasteiger partial charge in [0.2, 0.25) is 0 Å². The maximum absolute atomic E-state index is 11.7. The van der Waals surface area contributed by atoms with Crippen molar-refractivity contribution in [3.63, 3.8) is 0 Å². The Morgan fingerprint density at radius 3 is 2.95 bits per heavy atom. The summed E-state index contributed by atoms with van der Waals surface area (Å²) in [7, 11) is 1.56. The molecule has 2 heterocycles. The highest BCUT2D eigenvalue weighted by molar-refractivity contribution is 7.11. The fraction of sp³-hybridized carbons (Fsp3) is 0.250. The molecule has 0 atom stereocenters. The number of aromatic nitrogens is 2. The van der Waals surface area contributed by atoms with E-state index in [2.05, 4.69) is 20.0 Å². The van der Waals surface area contributed by atoms with Crippen molar-refractivity contribution < 1.29 is 4.79 Å². The number of nitrogens with zero attached hydrogens (tertiary/aromatic N) is 2. The van der Waals surface area contributed by atoms with Gasteiger partial charge in [0, 0.05) is 12.7 Å². The fourth-order valence-corrected chi connectivity index (χ4v) is 2.34. The third-order valence-corrected chi connectivity index (χ3v) is 3.37. The molecule has 0 aromatic carbocycles. The molecule has 0 saturated carbocycles. The minimum atomic E-state index is -0.244. The second kappa shape index (κ2) is 5.66. The third-order valence-electron chi connectivity index (χ3n) is 2.55. The van der Waals surface area contributed by atoms with Gasteiger partial charge in [-0.25, -0.2) is 0 Å². The van der Waals surface area contributed by atoms with Gasteiger partial charge in [-0.3, -0.25) is 9.78 Å². The molecule has 2 aromatic rings. The van der Waals surface area contributed by atoms with Crippen molar-refractivity contribution in [2.45, 2.75) is 13.5 Å². The van der Waals surface area contributed by atoms with Crippen LogP contribution in [0, 0.1) is 6.92 Å². The summed E-state index contributed by atoms with van der Waals surface area (Å²) < 4.78 is 3.99. The van der Waals surface area contributed by atoms with Crippen molar-refractivity contribution in [2.75, 3.05) is 18.1 Å². The first-order chi connectivity index (χ1) is 9.11. The number of anilines is 2. The average molecular weight is 277 g/mol. The van der Waals surface area contributed by atoms with Crippen molar-refractivity contribution in [3.8, 4) is 0 Å².